The topological polar surface area (TPSA) is 49.0 Å². The van der Waals surface area contributed by atoms with Gasteiger partial charge in [-0.15, -0.1) is 0 Å². The minimum atomic E-state index is -2.47. The van der Waals surface area contributed by atoms with Crippen LogP contribution >= 0.6 is 0 Å². The lowest BCUT2D eigenvalue weighted by Gasteiger charge is -2.34. The van der Waals surface area contributed by atoms with Crippen LogP contribution in [0.15, 0.2) is 11.0 Å². The summed E-state index contributed by atoms with van der Waals surface area (Å²) in [6.07, 6.45) is 4.41. The van der Waals surface area contributed by atoms with Gasteiger partial charge in [0.15, 0.2) is 0 Å². The van der Waals surface area contributed by atoms with E-state index < -0.39 is 5.92 Å². The van der Waals surface area contributed by atoms with Gasteiger partial charge in [-0.05, 0) is 32.2 Å². The lowest BCUT2D eigenvalue weighted by molar-refractivity contribution is -0.0516. The number of H-pyrrole nitrogens is 1. The molecule has 0 spiro atoms. The van der Waals surface area contributed by atoms with E-state index in [1.807, 2.05) is 6.92 Å². The molecule has 1 atom stereocenters. The van der Waals surface area contributed by atoms with Crippen molar-refractivity contribution in [2.45, 2.75) is 63.3 Å². The fourth-order valence-corrected chi connectivity index (χ4v) is 3.63. The average molecular weight is 311 g/mol. The largest absolute Gasteiger partial charge is 0.310 e. The van der Waals surface area contributed by atoms with Crippen molar-refractivity contribution in [3.8, 4) is 0 Å². The molecule has 122 valence electrons. The number of alkyl halides is 2. The molecule has 2 aliphatic rings. The summed E-state index contributed by atoms with van der Waals surface area (Å²) in [6.45, 7) is 3.65. The molecule has 0 aromatic carbocycles. The highest BCUT2D eigenvalue weighted by Gasteiger charge is 2.39. The van der Waals surface area contributed by atoms with Crippen molar-refractivity contribution < 1.29 is 8.78 Å². The second-order valence-electron chi connectivity index (χ2n) is 6.54. The number of hydrogen-bond donors (Lipinski definition) is 1. The van der Waals surface area contributed by atoms with Crippen molar-refractivity contribution >= 4 is 0 Å². The Morgan fingerprint density at radius 2 is 2.09 bits per heavy atom. The number of aromatic amines is 1. The zero-order valence-corrected chi connectivity index (χ0v) is 12.9. The number of nitrogens with zero attached hydrogens (tertiary/aromatic N) is 2. The lowest BCUT2D eigenvalue weighted by Crippen LogP contribution is -2.39. The third-order valence-electron chi connectivity index (χ3n) is 5.08. The van der Waals surface area contributed by atoms with Gasteiger partial charge in [0, 0.05) is 43.1 Å². The van der Waals surface area contributed by atoms with Gasteiger partial charge in [-0.2, -0.15) is 0 Å². The summed E-state index contributed by atoms with van der Waals surface area (Å²) in [6, 6.07) is 0.256. The molecule has 1 aromatic rings. The maximum absolute atomic E-state index is 13.3. The van der Waals surface area contributed by atoms with E-state index in [1.165, 1.54) is 0 Å². The molecule has 2 heterocycles. The molecule has 1 aromatic heterocycles. The Morgan fingerprint density at radius 3 is 2.73 bits per heavy atom. The van der Waals surface area contributed by atoms with Gasteiger partial charge in [0.1, 0.15) is 5.82 Å². The second kappa shape index (κ2) is 6.07. The van der Waals surface area contributed by atoms with Gasteiger partial charge in [0.2, 0.25) is 5.92 Å². The lowest BCUT2D eigenvalue weighted by atomic mass is 9.91. The molecule has 1 aliphatic heterocycles. The van der Waals surface area contributed by atoms with Crippen LogP contribution in [0.2, 0.25) is 0 Å². The second-order valence-corrected chi connectivity index (χ2v) is 6.54. The number of likely N-dealkylation sites (tertiary alicyclic amines) is 1. The molecule has 1 saturated carbocycles. The quantitative estimate of drug-likeness (QED) is 0.934. The molecular weight excluding hydrogens is 288 g/mol. The Balaban J connectivity index is 1.63. The van der Waals surface area contributed by atoms with Crippen LogP contribution in [-0.4, -0.2) is 39.9 Å². The first-order chi connectivity index (χ1) is 10.5. The predicted molar refractivity (Wildman–Crippen MR) is 80.4 cm³/mol. The highest BCUT2D eigenvalue weighted by molar-refractivity contribution is 5.09. The number of rotatable bonds is 3. The third kappa shape index (κ3) is 3.21. The predicted octanol–water partition coefficient (Wildman–Crippen LogP) is 2.70. The van der Waals surface area contributed by atoms with Gasteiger partial charge in [-0.1, -0.05) is 6.92 Å². The van der Waals surface area contributed by atoms with Crippen molar-refractivity contribution in [3.63, 3.8) is 0 Å². The summed E-state index contributed by atoms with van der Waals surface area (Å²) in [5.41, 5.74) is 0.649. The summed E-state index contributed by atoms with van der Waals surface area (Å²) in [4.78, 5) is 21.5. The summed E-state index contributed by atoms with van der Waals surface area (Å²) in [5, 5.41) is 0. The first-order valence-electron chi connectivity index (χ1n) is 8.18. The first kappa shape index (κ1) is 15.6. The molecule has 1 aliphatic carbocycles. The van der Waals surface area contributed by atoms with Crippen LogP contribution < -0.4 is 5.56 Å². The molecule has 1 N–H and O–H groups in total. The molecule has 6 heteroatoms. The number of aromatic nitrogens is 2. The van der Waals surface area contributed by atoms with E-state index in [0.29, 0.717) is 24.8 Å². The third-order valence-corrected chi connectivity index (χ3v) is 5.08. The van der Waals surface area contributed by atoms with Crippen LogP contribution in [0.5, 0.6) is 0 Å². The zero-order valence-electron chi connectivity index (χ0n) is 12.9. The van der Waals surface area contributed by atoms with Crippen LogP contribution in [-0.2, 0) is 6.42 Å². The molecule has 1 saturated heterocycles. The molecule has 2 fully saturated rings. The van der Waals surface area contributed by atoms with Crippen LogP contribution in [0, 0.1) is 0 Å². The summed E-state index contributed by atoms with van der Waals surface area (Å²) >= 11 is 0. The van der Waals surface area contributed by atoms with Crippen LogP contribution in [0.4, 0.5) is 8.78 Å². The van der Waals surface area contributed by atoms with Gasteiger partial charge in [0.05, 0.1) is 0 Å². The van der Waals surface area contributed by atoms with E-state index in [1.54, 1.807) is 6.20 Å². The van der Waals surface area contributed by atoms with E-state index in [9.17, 15) is 13.6 Å². The SMILES string of the molecule is CCc1cnc(C2CCN(C3CCC(F)(F)CC3)C2)[nH]c1=O. The fraction of sp³-hybridized carbons (Fsp3) is 0.750. The summed E-state index contributed by atoms with van der Waals surface area (Å²) in [7, 11) is 0. The number of aryl methyl sites for hydroxylation is 1. The smallest absolute Gasteiger partial charge is 0.254 e. The van der Waals surface area contributed by atoms with Crippen molar-refractivity contribution in [2.24, 2.45) is 0 Å². The number of halogens is 2. The first-order valence-corrected chi connectivity index (χ1v) is 8.18. The molecule has 1 unspecified atom stereocenters. The molecule has 0 radical (unpaired) electrons. The highest BCUT2D eigenvalue weighted by Crippen LogP contribution is 2.37. The normalized spacial score (nSPS) is 26.4. The minimum Gasteiger partial charge on any atom is -0.310 e. The van der Waals surface area contributed by atoms with Crippen molar-refractivity contribution in [1.29, 1.82) is 0 Å². The van der Waals surface area contributed by atoms with Gasteiger partial charge < -0.3 is 4.98 Å². The van der Waals surface area contributed by atoms with Crippen molar-refractivity contribution in [2.75, 3.05) is 13.1 Å². The molecule has 0 bridgehead atoms. The van der Waals surface area contributed by atoms with Crippen molar-refractivity contribution in [1.82, 2.24) is 14.9 Å². The Morgan fingerprint density at radius 1 is 1.36 bits per heavy atom. The molecule has 22 heavy (non-hydrogen) atoms. The van der Waals surface area contributed by atoms with E-state index in [0.717, 1.165) is 25.3 Å². The maximum Gasteiger partial charge on any atom is 0.254 e. The standard InChI is InChI=1S/C16H23F2N3O/c1-2-11-9-19-14(20-15(11)22)12-5-8-21(10-12)13-3-6-16(17,18)7-4-13/h9,12-13H,2-8,10H2,1H3,(H,19,20,22). The van der Waals surface area contributed by atoms with Crippen LogP contribution in [0.25, 0.3) is 0 Å². The fourth-order valence-electron chi connectivity index (χ4n) is 3.63. The zero-order chi connectivity index (χ0) is 15.7. The van der Waals surface area contributed by atoms with Gasteiger partial charge in [-0.25, -0.2) is 13.8 Å². The van der Waals surface area contributed by atoms with Crippen LogP contribution in [0.3, 0.4) is 0 Å². The Kier molecular flexibility index (Phi) is 4.30. The Bertz CT molecular complexity index is 577. The summed E-state index contributed by atoms with van der Waals surface area (Å²) in [5.74, 6) is -1.52. The van der Waals surface area contributed by atoms with Gasteiger partial charge >= 0.3 is 0 Å². The van der Waals surface area contributed by atoms with Crippen LogP contribution in [0.1, 0.15) is 56.3 Å². The van der Waals surface area contributed by atoms with E-state index in [2.05, 4.69) is 14.9 Å². The average Bonchev–Trinajstić information content (AvgIpc) is 2.97. The highest BCUT2D eigenvalue weighted by atomic mass is 19.3. The molecule has 0 amide bonds. The maximum atomic E-state index is 13.3. The van der Waals surface area contributed by atoms with Crippen molar-refractivity contribution in [3.05, 3.63) is 27.9 Å². The minimum absolute atomic E-state index is 0.000879. The van der Waals surface area contributed by atoms with Gasteiger partial charge in [-0.3, -0.25) is 9.69 Å². The van der Waals surface area contributed by atoms with Gasteiger partial charge in [0.25, 0.3) is 5.56 Å². The Hall–Kier alpha value is -1.30. The summed E-state index contributed by atoms with van der Waals surface area (Å²) < 4.78 is 26.5. The molecule has 4 nitrogen and oxygen atoms in total. The number of nitrogens with one attached hydrogen (secondary N) is 1. The Labute approximate surface area is 128 Å². The van der Waals surface area contributed by atoms with E-state index >= 15 is 0 Å². The number of hydrogen-bond acceptors (Lipinski definition) is 3. The van der Waals surface area contributed by atoms with E-state index in [4.69, 9.17) is 0 Å². The molecule has 3 rings (SSSR count). The monoisotopic (exact) mass is 311 g/mol. The molecular formula is C16H23F2N3O. The van der Waals surface area contributed by atoms with E-state index in [-0.39, 0.29) is 30.4 Å².